The maximum atomic E-state index is 5.04. The molecule has 5 rings (SSSR count). The lowest BCUT2D eigenvalue weighted by atomic mass is 9.87. The van der Waals surface area contributed by atoms with E-state index in [0.717, 1.165) is 34.0 Å². The van der Waals surface area contributed by atoms with E-state index in [0.29, 0.717) is 5.92 Å². The second-order valence-electron chi connectivity index (χ2n) is 6.65. The van der Waals surface area contributed by atoms with Gasteiger partial charge in [0.2, 0.25) is 0 Å². The average molecular weight is 314 g/mol. The van der Waals surface area contributed by atoms with Crippen LogP contribution in [-0.4, -0.2) is 19.7 Å². The van der Waals surface area contributed by atoms with Crippen molar-refractivity contribution >= 4 is 21.9 Å². The molecule has 0 spiro atoms. The lowest BCUT2D eigenvalue weighted by molar-refractivity contribution is 0.576. The monoisotopic (exact) mass is 314 g/mol. The Morgan fingerprint density at radius 3 is 2.88 bits per heavy atom. The summed E-state index contributed by atoms with van der Waals surface area (Å²) < 4.78 is 1.89. The van der Waals surface area contributed by atoms with Crippen molar-refractivity contribution in [2.75, 3.05) is 0 Å². The molecule has 118 valence electrons. The number of pyridine rings is 2. The van der Waals surface area contributed by atoms with E-state index in [1.165, 1.54) is 24.1 Å². The topological polar surface area (TPSA) is 43.6 Å². The summed E-state index contributed by atoms with van der Waals surface area (Å²) in [5.74, 6) is 0.533. The van der Waals surface area contributed by atoms with E-state index in [1.54, 1.807) is 0 Å². The van der Waals surface area contributed by atoms with E-state index in [9.17, 15) is 0 Å². The number of hydrogen-bond donors (Lipinski definition) is 0. The lowest BCUT2D eigenvalue weighted by Crippen LogP contribution is -2.09. The van der Waals surface area contributed by atoms with Crippen LogP contribution in [0.25, 0.3) is 27.6 Å². The molecule has 4 aromatic rings. The van der Waals surface area contributed by atoms with Crippen LogP contribution in [0.5, 0.6) is 0 Å². The Labute approximate surface area is 140 Å². The van der Waals surface area contributed by atoms with Crippen molar-refractivity contribution < 1.29 is 0 Å². The third kappa shape index (κ3) is 1.96. The molecule has 0 saturated heterocycles. The van der Waals surface area contributed by atoms with E-state index in [-0.39, 0.29) is 0 Å². The maximum Gasteiger partial charge on any atom is 0.165 e. The molecule has 0 aliphatic heterocycles. The molecule has 0 N–H and O–H groups in total. The van der Waals surface area contributed by atoms with Gasteiger partial charge in [0.15, 0.2) is 5.65 Å². The van der Waals surface area contributed by atoms with Crippen LogP contribution in [0.15, 0.2) is 48.8 Å². The molecule has 1 unspecified atom stereocenters. The fourth-order valence-corrected chi connectivity index (χ4v) is 3.79. The molecule has 1 aliphatic rings. The zero-order valence-corrected chi connectivity index (χ0v) is 13.6. The Morgan fingerprint density at radius 1 is 1.12 bits per heavy atom. The van der Waals surface area contributed by atoms with Crippen molar-refractivity contribution in [3.63, 3.8) is 0 Å². The van der Waals surface area contributed by atoms with Gasteiger partial charge in [-0.3, -0.25) is 4.98 Å². The van der Waals surface area contributed by atoms with E-state index in [2.05, 4.69) is 23.1 Å². The number of rotatable bonds is 1. The molecular weight excluding hydrogens is 296 g/mol. The molecule has 0 amide bonds. The number of aromatic nitrogens is 4. The number of aryl methyl sites for hydroxylation is 1. The first-order chi connectivity index (χ1) is 11.8. The first kappa shape index (κ1) is 13.7. The van der Waals surface area contributed by atoms with E-state index < -0.39 is 0 Å². The third-order valence-electron chi connectivity index (χ3n) is 5.04. The highest BCUT2D eigenvalue weighted by molar-refractivity contribution is 6.02. The van der Waals surface area contributed by atoms with Gasteiger partial charge in [-0.2, -0.15) is 5.10 Å². The second-order valence-corrected chi connectivity index (χ2v) is 6.65. The minimum Gasteiger partial charge on any atom is -0.251 e. The molecule has 4 heteroatoms. The van der Waals surface area contributed by atoms with Gasteiger partial charge in [-0.25, -0.2) is 9.67 Å². The number of para-hydroxylation sites is 1. The van der Waals surface area contributed by atoms with Crippen LogP contribution in [0.4, 0.5) is 0 Å². The summed E-state index contributed by atoms with van der Waals surface area (Å²) in [5, 5.41) is 6.70. The summed E-state index contributed by atoms with van der Waals surface area (Å²) >= 11 is 0. The fraction of sp³-hybridized carbons (Fsp3) is 0.250. The minimum absolute atomic E-state index is 0.533. The number of nitrogens with zero attached hydrogens (tertiary/aromatic N) is 4. The Kier molecular flexibility index (Phi) is 2.92. The molecule has 3 heterocycles. The first-order valence-electron chi connectivity index (χ1n) is 8.53. The summed E-state index contributed by atoms with van der Waals surface area (Å²) in [4.78, 5) is 9.71. The Balaban J connectivity index is 1.79. The van der Waals surface area contributed by atoms with E-state index in [1.807, 2.05) is 47.4 Å². The largest absolute Gasteiger partial charge is 0.251 e. The molecule has 1 aliphatic carbocycles. The van der Waals surface area contributed by atoms with Gasteiger partial charge in [-0.1, -0.05) is 25.1 Å². The molecule has 0 bridgehead atoms. The summed E-state index contributed by atoms with van der Waals surface area (Å²) in [5.41, 5.74) is 5.55. The van der Waals surface area contributed by atoms with Crippen LogP contribution in [0, 0.1) is 0 Å². The Hall–Kier alpha value is -2.75. The minimum atomic E-state index is 0.533. The SMILES string of the molecule is CC1CCCc2cc3cnc4c(cnn4-c4ccccc4)c3nc21. The second kappa shape index (κ2) is 5.13. The van der Waals surface area contributed by atoms with Crippen LogP contribution in [0.1, 0.15) is 36.9 Å². The molecular formula is C20H18N4. The number of fused-ring (bicyclic) bond motifs is 4. The van der Waals surface area contributed by atoms with E-state index >= 15 is 0 Å². The van der Waals surface area contributed by atoms with Crippen molar-refractivity contribution in [3.05, 3.63) is 60.0 Å². The van der Waals surface area contributed by atoms with Gasteiger partial charge in [0, 0.05) is 17.3 Å². The van der Waals surface area contributed by atoms with E-state index in [4.69, 9.17) is 4.98 Å². The van der Waals surface area contributed by atoms with Crippen LogP contribution in [0.2, 0.25) is 0 Å². The normalized spacial score (nSPS) is 17.3. The number of benzene rings is 1. The van der Waals surface area contributed by atoms with Gasteiger partial charge in [-0.05, 0) is 48.9 Å². The Bertz CT molecular complexity index is 1050. The molecule has 0 radical (unpaired) electrons. The third-order valence-corrected chi connectivity index (χ3v) is 5.04. The summed E-state index contributed by atoms with van der Waals surface area (Å²) in [6.07, 6.45) is 7.44. The van der Waals surface area contributed by atoms with Crippen LogP contribution in [-0.2, 0) is 6.42 Å². The van der Waals surface area contributed by atoms with Crippen LogP contribution in [0.3, 0.4) is 0 Å². The zero-order chi connectivity index (χ0) is 16.1. The van der Waals surface area contributed by atoms with Gasteiger partial charge in [-0.15, -0.1) is 0 Å². The molecule has 1 aromatic carbocycles. The quantitative estimate of drug-likeness (QED) is 0.523. The maximum absolute atomic E-state index is 5.04. The highest BCUT2D eigenvalue weighted by atomic mass is 15.3. The van der Waals surface area contributed by atoms with Crippen molar-refractivity contribution in [3.8, 4) is 5.69 Å². The zero-order valence-electron chi connectivity index (χ0n) is 13.6. The van der Waals surface area contributed by atoms with Gasteiger partial charge in [0.05, 0.1) is 22.8 Å². The summed E-state index contributed by atoms with van der Waals surface area (Å²) in [6, 6.07) is 12.4. The molecule has 0 fully saturated rings. The predicted molar refractivity (Wildman–Crippen MR) is 95.5 cm³/mol. The fourth-order valence-electron chi connectivity index (χ4n) is 3.79. The predicted octanol–water partition coefficient (Wildman–Crippen LogP) is 4.41. The van der Waals surface area contributed by atoms with Gasteiger partial charge in [0.25, 0.3) is 0 Å². The molecule has 0 saturated carbocycles. The first-order valence-corrected chi connectivity index (χ1v) is 8.53. The highest BCUT2D eigenvalue weighted by Gasteiger charge is 2.20. The van der Waals surface area contributed by atoms with Crippen molar-refractivity contribution in [2.24, 2.45) is 0 Å². The molecule has 3 aromatic heterocycles. The van der Waals surface area contributed by atoms with Crippen LogP contribution < -0.4 is 0 Å². The van der Waals surface area contributed by atoms with Gasteiger partial charge >= 0.3 is 0 Å². The van der Waals surface area contributed by atoms with Gasteiger partial charge < -0.3 is 0 Å². The number of hydrogen-bond acceptors (Lipinski definition) is 3. The summed E-state index contributed by atoms with van der Waals surface area (Å²) in [6.45, 7) is 2.28. The average Bonchev–Trinajstić information content (AvgIpc) is 3.06. The lowest BCUT2D eigenvalue weighted by Gasteiger charge is -2.21. The van der Waals surface area contributed by atoms with Crippen LogP contribution >= 0.6 is 0 Å². The molecule has 4 nitrogen and oxygen atoms in total. The summed E-state index contributed by atoms with van der Waals surface area (Å²) in [7, 11) is 0. The molecule has 1 atom stereocenters. The Morgan fingerprint density at radius 2 is 2.00 bits per heavy atom. The smallest absolute Gasteiger partial charge is 0.165 e. The van der Waals surface area contributed by atoms with Crippen molar-refractivity contribution in [2.45, 2.75) is 32.1 Å². The van der Waals surface area contributed by atoms with Gasteiger partial charge in [0.1, 0.15) is 0 Å². The van der Waals surface area contributed by atoms with Crippen molar-refractivity contribution in [1.82, 2.24) is 19.7 Å². The van der Waals surface area contributed by atoms with Crippen molar-refractivity contribution in [1.29, 1.82) is 0 Å². The highest BCUT2D eigenvalue weighted by Crippen LogP contribution is 2.33. The molecule has 24 heavy (non-hydrogen) atoms. The standard InChI is InChI=1S/C20H18N4/c1-13-6-5-7-14-10-15-11-21-20-17(19(15)23-18(13)14)12-22-24(20)16-8-3-2-4-9-16/h2-4,8-13H,5-7H2,1H3.